The number of benzene rings is 2. The maximum Gasteiger partial charge on any atom is 0.316 e. The number of nitrogens with one attached hydrogen (secondary N) is 1. The number of piperazine rings is 1. The normalized spacial score (nSPS) is 16.9. The van der Waals surface area contributed by atoms with Crippen molar-refractivity contribution in [2.75, 3.05) is 49.5 Å². The molecule has 0 radical (unpaired) electrons. The Morgan fingerprint density at radius 3 is 2.34 bits per heavy atom. The zero-order valence-electron chi connectivity index (χ0n) is 16.5. The van der Waals surface area contributed by atoms with Crippen LogP contribution in [-0.2, 0) is 0 Å². The second-order valence-corrected chi connectivity index (χ2v) is 7.98. The summed E-state index contributed by atoms with van der Waals surface area (Å²) >= 11 is 5.96. The van der Waals surface area contributed by atoms with Gasteiger partial charge in [-0.2, -0.15) is 0 Å². The van der Waals surface area contributed by atoms with Crippen LogP contribution in [0.5, 0.6) is 5.75 Å². The Morgan fingerprint density at radius 2 is 1.76 bits per heavy atom. The molecule has 0 spiro atoms. The summed E-state index contributed by atoms with van der Waals surface area (Å²) in [6, 6.07) is 14.1. The van der Waals surface area contributed by atoms with E-state index < -0.39 is 11.6 Å². The molecule has 156 valence electrons. The third kappa shape index (κ3) is 6.52. The summed E-state index contributed by atoms with van der Waals surface area (Å²) in [6.45, 7) is 6.01. The highest BCUT2D eigenvalue weighted by atomic mass is 35.5. The number of halogens is 1. The second-order valence-electron chi connectivity index (χ2n) is 7.54. The molecule has 0 saturated carbocycles. The molecule has 1 fully saturated rings. The van der Waals surface area contributed by atoms with Gasteiger partial charge in [-0.25, -0.2) is 4.79 Å². The number of rotatable bonds is 7. The fraction of sp³-hybridized carbons (Fsp3) is 0.381. The van der Waals surface area contributed by atoms with Crippen LogP contribution in [0.4, 0.5) is 16.2 Å². The second kappa shape index (κ2) is 9.35. The Kier molecular flexibility index (Phi) is 6.84. The van der Waals surface area contributed by atoms with Crippen LogP contribution in [-0.4, -0.2) is 61.0 Å². The molecule has 1 heterocycles. The minimum Gasteiger partial charge on any atom is -0.491 e. The van der Waals surface area contributed by atoms with Crippen LogP contribution in [0.2, 0.25) is 5.02 Å². The number of β-amino-alcohol motifs (C(OH)–C–C–N with tert-alkyl or cyclic N) is 1. The number of aliphatic hydroxyl groups is 1. The number of nitrogens with two attached hydrogens (primary N) is 1. The van der Waals surface area contributed by atoms with Crippen molar-refractivity contribution in [1.82, 2.24) is 4.90 Å². The minimum absolute atomic E-state index is 0.174. The van der Waals surface area contributed by atoms with Gasteiger partial charge in [-0.1, -0.05) is 11.6 Å². The van der Waals surface area contributed by atoms with Gasteiger partial charge in [0, 0.05) is 49.1 Å². The van der Waals surface area contributed by atoms with E-state index in [1.54, 1.807) is 31.2 Å². The summed E-state index contributed by atoms with van der Waals surface area (Å²) in [5.41, 5.74) is 5.87. The van der Waals surface area contributed by atoms with Crippen molar-refractivity contribution in [2.45, 2.75) is 12.5 Å². The molecule has 1 aliphatic rings. The Hall–Kier alpha value is -2.48. The predicted molar refractivity (Wildman–Crippen MR) is 116 cm³/mol. The van der Waals surface area contributed by atoms with E-state index in [-0.39, 0.29) is 6.61 Å². The number of anilines is 2. The van der Waals surface area contributed by atoms with E-state index in [1.165, 1.54) is 5.69 Å². The first-order valence-corrected chi connectivity index (χ1v) is 9.93. The number of primary amides is 1. The van der Waals surface area contributed by atoms with Crippen LogP contribution in [0, 0.1) is 0 Å². The molecule has 2 aromatic rings. The van der Waals surface area contributed by atoms with Crippen molar-refractivity contribution < 1.29 is 14.6 Å². The van der Waals surface area contributed by atoms with Crippen molar-refractivity contribution >= 4 is 29.0 Å². The molecule has 0 aliphatic carbocycles. The zero-order valence-corrected chi connectivity index (χ0v) is 17.2. The van der Waals surface area contributed by atoms with Crippen LogP contribution >= 0.6 is 11.6 Å². The first-order valence-electron chi connectivity index (χ1n) is 9.55. The summed E-state index contributed by atoms with van der Waals surface area (Å²) in [7, 11) is 0. The number of nitrogens with zero attached hydrogens (tertiary/aromatic N) is 2. The van der Waals surface area contributed by atoms with Crippen molar-refractivity contribution in [3.63, 3.8) is 0 Å². The smallest absolute Gasteiger partial charge is 0.316 e. The van der Waals surface area contributed by atoms with Gasteiger partial charge in [0.2, 0.25) is 0 Å². The molecule has 0 unspecified atom stereocenters. The largest absolute Gasteiger partial charge is 0.491 e. The lowest BCUT2D eigenvalue weighted by atomic mass is 10.1. The highest BCUT2D eigenvalue weighted by Gasteiger charge is 2.27. The predicted octanol–water partition coefficient (Wildman–Crippen LogP) is 2.78. The van der Waals surface area contributed by atoms with Crippen LogP contribution in [0.1, 0.15) is 6.92 Å². The van der Waals surface area contributed by atoms with E-state index in [9.17, 15) is 9.90 Å². The Bertz CT molecular complexity index is 804. The summed E-state index contributed by atoms with van der Waals surface area (Å²) in [6.07, 6.45) is 0. The average molecular weight is 419 g/mol. The molecule has 1 saturated heterocycles. The van der Waals surface area contributed by atoms with Crippen LogP contribution < -0.4 is 20.7 Å². The lowest BCUT2D eigenvalue weighted by molar-refractivity contribution is -0.0184. The van der Waals surface area contributed by atoms with E-state index in [2.05, 4.69) is 15.1 Å². The lowest BCUT2D eigenvalue weighted by Crippen LogP contribution is -2.52. The van der Waals surface area contributed by atoms with Gasteiger partial charge in [0.15, 0.2) is 0 Å². The van der Waals surface area contributed by atoms with Crippen molar-refractivity contribution in [3.05, 3.63) is 53.6 Å². The first kappa shape index (κ1) is 21.2. The Balaban J connectivity index is 1.45. The van der Waals surface area contributed by atoms with E-state index >= 15 is 0 Å². The molecule has 0 aromatic heterocycles. The van der Waals surface area contributed by atoms with Crippen LogP contribution in [0.3, 0.4) is 0 Å². The molecule has 3 rings (SSSR count). The zero-order chi connectivity index (χ0) is 20.9. The summed E-state index contributed by atoms with van der Waals surface area (Å²) in [5.74, 6) is 0.618. The van der Waals surface area contributed by atoms with E-state index in [4.69, 9.17) is 22.1 Å². The minimum atomic E-state index is -0.980. The van der Waals surface area contributed by atoms with Gasteiger partial charge < -0.3 is 25.8 Å². The molecule has 1 atom stereocenters. The van der Waals surface area contributed by atoms with Gasteiger partial charge in [0.1, 0.15) is 18.0 Å². The number of hydrogen-bond donors (Lipinski definition) is 3. The quantitative estimate of drug-likeness (QED) is 0.643. The highest BCUT2D eigenvalue weighted by Crippen LogP contribution is 2.21. The molecule has 2 aromatic carbocycles. The van der Waals surface area contributed by atoms with Crippen molar-refractivity contribution in [2.24, 2.45) is 5.73 Å². The fourth-order valence-electron chi connectivity index (χ4n) is 3.36. The summed E-state index contributed by atoms with van der Waals surface area (Å²) < 4.78 is 5.73. The standard InChI is InChI=1S/C21H27ClN4O3/c1-21(28,15-29-19-8-4-17(5-9-19)24-20(23)27)14-25-10-12-26(13-11-25)18-6-2-16(22)3-7-18/h2-9,28H,10-15H2,1H3,(H3,23,24,27)/t21-/m1/s1. The number of carbonyl (C=O) groups excluding carboxylic acids is 1. The molecular formula is C21H27ClN4O3. The SMILES string of the molecule is C[C@](O)(COc1ccc(NC(N)=O)cc1)CN1CCN(c2ccc(Cl)cc2)CC1. The van der Waals surface area contributed by atoms with Gasteiger partial charge in [-0.15, -0.1) is 0 Å². The monoisotopic (exact) mass is 418 g/mol. The third-order valence-electron chi connectivity index (χ3n) is 4.80. The highest BCUT2D eigenvalue weighted by molar-refractivity contribution is 6.30. The van der Waals surface area contributed by atoms with Gasteiger partial charge >= 0.3 is 6.03 Å². The number of amides is 2. The van der Waals surface area contributed by atoms with Crippen LogP contribution in [0.15, 0.2) is 48.5 Å². The molecule has 29 heavy (non-hydrogen) atoms. The third-order valence-corrected chi connectivity index (χ3v) is 5.05. The molecule has 4 N–H and O–H groups in total. The number of urea groups is 1. The van der Waals surface area contributed by atoms with Gasteiger partial charge in [0.05, 0.1) is 0 Å². The molecule has 2 amide bonds. The molecule has 7 nitrogen and oxygen atoms in total. The molecule has 1 aliphatic heterocycles. The van der Waals surface area contributed by atoms with Gasteiger partial charge in [-0.3, -0.25) is 4.90 Å². The maximum atomic E-state index is 10.8. The molecular weight excluding hydrogens is 392 g/mol. The topological polar surface area (TPSA) is 91.1 Å². The van der Waals surface area contributed by atoms with E-state index in [0.29, 0.717) is 18.0 Å². The molecule has 8 heteroatoms. The van der Waals surface area contributed by atoms with Crippen molar-refractivity contribution in [1.29, 1.82) is 0 Å². The number of ether oxygens (including phenoxy) is 1. The lowest BCUT2D eigenvalue weighted by Gasteiger charge is -2.39. The van der Waals surface area contributed by atoms with E-state index in [1.807, 2.05) is 24.3 Å². The Labute approximate surface area is 176 Å². The first-order chi connectivity index (χ1) is 13.8. The maximum absolute atomic E-state index is 10.8. The Morgan fingerprint density at radius 1 is 1.14 bits per heavy atom. The number of hydrogen-bond acceptors (Lipinski definition) is 5. The van der Waals surface area contributed by atoms with Gasteiger partial charge in [-0.05, 0) is 55.5 Å². The number of carbonyl (C=O) groups is 1. The van der Waals surface area contributed by atoms with Crippen LogP contribution in [0.25, 0.3) is 0 Å². The van der Waals surface area contributed by atoms with E-state index in [0.717, 1.165) is 31.2 Å². The average Bonchev–Trinajstić information content (AvgIpc) is 2.68. The fourth-order valence-corrected chi connectivity index (χ4v) is 3.49. The van der Waals surface area contributed by atoms with Crippen molar-refractivity contribution in [3.8, 4) is 5.75 Å². The summed E-state index contributed by atoms with van der Waals surface area (Å²) in [4.78, 5) is 15.4. The van der Waals surface area contributed by atoms with Gasteiger partial charge in [0.25, 0.3) is 0 Å². The molecule has 0 bridgehead atoms. The summed E-state index contributed by atoms with van der Waals surface area (Å²) in [5, 5.41) is 14.0.